The highest BCUT2D eigenvalue weighted by Crippen LogP contribution is 2.36. The summed E-state index contributed by atoms with van der Waals surface area (Å²) in [5, 5.41) is 24.7. The summed E-state index contributed by atoms with van der Waals surface area (Å²) in [6, 6.07) is 68.4. The van der Waals surface area contributed by atoms with Crippen LogP contribution in [0.15, 0.2) is 206 Å². The second-order valence-corrected chi connectivity index (χ2v) is 18.3. The minimum atomic E-state index is -1.69. The maximum atomic E-state index is 14.5. The van der Waals surface area contributed by atoms with Gasteiger partial charge in [-0.2, -0.15) is 5.26 Å². The van der Waals surface area contributed by atoms with Gasteiger partial charge in [-0.05, 0) is 45.0 Å². The second kappa shape index (κ2) is 27.8. The Morgan fingerprint density at radius 3 is 1.16 bits per heavy atom. The second-order valence-electron chi connectivity index (χ2n) is 18.3. The van der Waals surface area contributed by atoms with Crippen molar-refractivity contribution in [3.8, 4) is 6.07 Å². The molecule has 2 aliphatic heterocycles. The van der Waals surface area contributed by atoms with Crippen molar-refractivity contribution in [2.45, 2.75) is 108 Å². The van der Waals surface area contributed by atoms with Crippen LogP contribution >= 0.6 is 0 Å². The zero-order chi connectivity index (χ0) is 50.6. The number of hydrogen-bond acceptors (Lipinski definition) is 12. The van der Waals surface area contributed by atoms with Crippen LogP contribution in [-0.2, 0) is 93.6 Å². The molecule has 0 aromatic heterocycles. The summed E-state index contributed by atoms with van der Waals surface area (Å²) in [6.07, 6.45) is -10.6. The first-order valence-electron chi connectivity index (χ1n) is 25.1. The van der Waals surface area contributed by atoms with Crippen molar-refractivity contribution in [3.63, 3.8) is 0 Å². The molecule has 0 bridgehead atoms. The Hall–Kier alpha value is -6.41. The van der Waals surface area contributed by atoms with Gasteiger partial charge >= 0.3 is 0 Å². The molecule has 12 nitrogen and oxygen atoms in total. The Morgan fingerprint density at radius 2 is 0.716 bits per heavy atom. The van der Waals surface area contributed by atoms with Crippen LogP contribution in [0.1, 0.15) is 44.5 Å². The van der Waals surface area contributed by atoms with E-state index >= 15 is 0 Å². The summed E-state index contributed by atoms with van der Waals surface area (Å²) in [6.45, 7) is 1.24. The zero-order valence-corrected chi connectivity index (χ0v) is 41.2. The van der Waals surface area contributed by atoms with Crippen LogP contribution in [0, 0.1) is 11.3 Å². The highest BCUT2D eigenvalue weighted by molar-refractivity contribution is 5.37. The SMILES string of the molecule is N#Cc1ccccc1CO[C@H]1[C@H](O[C@H]2[C@H](OCc3ccccc3)[C@@H](OCc3ccccc3)[C@@H]([O-])O[C@@H]2COCc2ccccc2)O[C@H](COCc2ccccc2)[C@@H](OCc2ccccc2)[C@@H]1OCc1ccccc1. The van der Waals surface area contributed by atoms with Crippen LogP contribution < -0.4 is 5.11 Å². The molecular formula is C62H62NO11-. The number of nitrogens with zero attached hydrogens (tertiary/aromatic N) is 1. The zero-order valence-electron chi connectivity index (χ0n) is 41.2. The smallest absolute Gasteiger partial charge is 0.187 e. The van der Waals surface area contributed by atoms with Gasteiger partial charge in [0.15, 0.2) is 6.29 Å². The van der Waals surface area contributed by atoms with Crippen molar-refractivity contribution in [3.05, 3.63) is 251 Å². The first-order valence-corrected chi connectivity index (χ1v) is 25.1. The van der Waals surface area contributed by atoms with Crippen molar-refractivity contribution in [1.29, 1.82) is 5.26 Å². The maximum absolute atomic E-state index is 14.5. The summed E-state index contributed by atoms with van der Waals surface area (Å²) in [5.41, 5.74) is 6.67. The lowest BCUT2D eigenvalue weighted by molar-refractivity contribution is -0.539. The Balaban J connectivity index is 1.11. The first-order chi connectivity index (χ1) is 36.6. The summed E-state index contributed by atoms with van der Waals surface area (Å²) in [4.78, 5) is 0. The minimum absolute atomic E-state index is 0.00639. The lowest BCUT2D eigenvalue weighted by Crippen LogP contribution is -2.67. The summed E-state index contributed by atoms with van der Waals surface area (Å²) in [7, 11) is 0. The predicted molar refractivity (Wildman–Crippen MR) is 274 cm³/mol. The van der Waals surface area contributed by atoms with Crippen LogP contribution in [-0.4, -0.2) is 74.6 Å². The molecule has 9 rings (SSSR count). The fraction of sp³-hybridized carbons (Fsp3) is 0.306. The Bertz CT molecular complexity index is 2720. The number of ether oxygens (including phenoxy) is 10. The molecular weight excluding hydrogens is 935 g/mol. The molecule has 0 aliphatic carbocycles. The van der Waals surface area contributed by atoms with Crippen molar-refractivity contribution in [2.75, 3.05) is 13.2 Å². The van der Waals surface area contributed by atoms with Gasteiger partial charge in [-0.15, -0.1) is 0 Å². The molecule has 0 spiro atoms. The van der Waals surface area contributed by atoms with Crippen LogP contribution in [0.3, 0.4) is 0 Å². The number of nitriles is 1. The molecule has 0 radical (unpaired) electrons. The average molecular weight is 997 g/mol. The van der Waals surface area contributed by atoms with E-state index in [9.17, 15) is 10.4 Å². The molecule has 0 amide bonds. The third-order valence-electron chi connectivity index (χ3n) is 13.0. The van der Waals surface area contributed by atoms with E-state index < -0.39 is 61.4 Å². The van der Waals surface area contributed by atoms with E-state index in [4.69, 9.17) is 47.4 Å². The fourth-order valence-electron chi connectivity index (χ4n) is 9.13. The minimum Gasteiger partial charge on any atom is -0.829 e. The monoisotopic (exact) mass is 996 g/mol. The largest absolute Gasteiger partial charge is 0.829 e. The average Bonchev–Trinajstić information content (AvgIpc) is 3.46. The lowest BCUT2D eigenvalue weighted by atomic mass is 9.95. The molecule has 7 aromatic carbocycles. The van der Waals surface area contributed by atoms with Gasteiger partial charge in [0, 0.05) is 6.29 Å². The third kappa shape index (κ3) is 14.9. The van der Waals surface area contributed by atoms with Gasteiger partial charge in [-0.1, -0.05) is 200 Å². The number of rotatable bonds is 25. The third-order valence-corrected chi connectivity index (χ3v) is 13.0. The van der Waals surface area contributed by atoms with Gasteiger partial charge in [0.1, 0.15) is 42.7 Å². The van der Waals surface area contributed by atoms with Gasteiger partial charge in [0.05, 0.1) is 77.2 Å². The Kier molecular flexibility index (Phi) is 19.7. The molecule has 2 fully saturated rings. The van der Waals surface area contributed by atoms with Crippen molar-refractivity contribution in [1.82, 2.24) is 0 Å². The first kappa shape index (κ1) is 52.5. The van der Waals surface area contributed by atoms with Crippen LogP contribution in [0.2, 0.25) is 0 Å². The molecule has 2 heterocycles. The number of hydrogen-bond donors (Lipinski definition) is 0. The van der Waals surface area contributed by atoms with E-state index in [1.807, 2.05) is 200 Å². The molecule has 2 aliphatic rings. The van der Waals surface area contributed by atoms with E-state index in [1.54, 1.807) is 6.07 Å². The molecule has 10 atom stereocenters. The summed E-state index contributed by atoms with van der Waals surface area (Å²) >= 11 is 0. The van der Waals surface area contributed by atoms with Crippen LogP contribution in [0.5, 0.6) is 0 Å². The topological polar surface area (TPSA) is 139 Å². The van der Waals surface area contributed by atoms with Crippen LogP contribution in [0.25, 0.3) is 0 Å². The molecule has 74 heavy (non-hydrogen) atoms. The normalized spacial score (nSPS) is 23.7. The molecule has 2 saturated heterocycles. The quantitative estimate of drug-likeness (QED) is 0.0539. The van der Waals surface area contributed by atoms with Gasteiger partial charge in [-0.25, -0.2) is 0 Å². The molecule has 7 aromatic rings. The van der Waals surface area contributed by atoms with Gasteiger partial charge in [-0.3, -0.25) is 0 Å². The summed E-state index contributed by atoms with van der Waals surface area (Å²) in [5.74, 6) is 0. The van der Waals surface area contributed by atoms with Gasteiger partial charge in [0.25, 0.3) is 0 Å². The van der Waals surface area contributed by atoms with Crippen LogP contribution in [0.4, 0.5) is 0 Å². The van der Waals surface area contributed by atoms with E-state index in [1.165, 1.54) is 0 Å². The molecule has 12 heteroatoms. The van der Waals surface area contributed by atoms with E-state index in [0.29, 0.717) is 17.7 Å². The maximum Gasteiger partial charge on any atom is 0.187 e. The Labute approximate surface area is 433 Å². The van der Waals surface area contributed by atoms with E-state index in [2.05, 4.69) is 6.07 Å². The molecule has 0 saturated carbocycles. The Morgan fingerprint density at radius 1 is 0.365 bits per heavy atom. The highest BCUT2D eigenvalue weighted by atomic mass is 16.8. The predicted octanol–water partition coefficient (Wildman–Crippen LogP) is 9.41. The van der Waals surface area contributed by atoms with E-state index in [-0.39, 0.29) is 52.9 Å². The van der Waals surface area contributed by atoms with Crippen molar-refractivity contribution >= 4 is 0 Å². The van der Waals surface area contributed by atoms with Gasteiger partial charge < -0.3 is 52.5 Å². The molecule has 382 valence electrons. The lowest BCUT2D eigenvalue weighted by Gasteiger charge is -2.52. The van der Waals surface area contributed by atoms with Gasteiger partial charge in [0.2, 0.25) is 0 Å². The summed E-state index contributed by atoms with van der Waals surface area (Å²) < 4.78 is 68.2. The van der Waals surface area contributed by atoms with Crippen molar-refractivity contribution < 1.29 is 52.5 Å². The molecule has 0 N–H and O–H groups in total. The number of benzene rings is 7. The van der Waals surface area contributed by atoms with E-state index in [0.717, 1.165) is 33.4 Å². The fourth-order valence-corrected chi connectivity index (χ4v) is 9.13. The van der Waals surface area contributed by atoms with Crippen molar-refractivity contribution in [2.24, 2.45) is 0 Å². The molecule has 0 unspecified atom stereocenters. The highest BCUT2D eigenvalue weighted by Gasteiger charge is 2.53. The standard InChI is InChI=1S/C62H62NO11/c63-35-51-33-19-20-34-52(51)42-71-60-57(68-39-48-27-13-4-14-28-48)55(67-38-47-25-11-3-12-26-47)53(43-65-36-45-21-7-1-8-22-45)73-62(60)74-56-54(44-66-37-46-23-9-2-10-24-46)72-61(64)59(70-41-50-31-17-6-18-32-50)58(56)69-40-49-29-15-5-16-30-49/h1-34,53-62H,36-44H2/q-1/t53-,54-,55-,56-,57+,58+,59-,60-,61+,62+/m1/s1.